The second-order valence-electron chi connectivity index (χ2n) is 6.98. The predicted molar refractivity (Wildman–Crippen MR) is 112 cm³/mol. The van der Waals surface area contributed by atoms with Crippen molar-refractivity contribution in [1.29, 1.82) is 0 Å². The summed E-state index contributed by atoms with van der Waals surface area (Å²) in [5.41, 5.74) is 6.62. The molecule has 3 atom stereocenters. The van der Waals surface area contributed by atoms with E-state index in [1.807, 2.05) is 18.2 Å². The Morgan fingerprint density at radius 2 is 2.00 bits per heavy atom. The molecule has 28 heavy (non-hydrogen) atoms. The molecule has 0 aliphatic carbocycles. The van der Waals surface area contributed by atoms with Crippen molar-refractivity contribution < 1.29 is 28.3 Å². The van der Waals surface area contributed by atoms with E-state index in [4.69, 9.17) is 19.7 Å². The number of allylic oxidation sites excluding steroid dienone is 3. The number of unbranched alkanes of at least 4 members (excludes halogenated alkanes) is 2. The summed E-state index contributed by atoms with van der Waals surface area (Å²) in [6, 6.07) is 0. The van der Waals surface area contributed by atoms with Gasteiger partial charge in [-0.2, -0.15) is 0 Å². The van der Waals surface area contributed by atoms with Gasteiger partial charge in [-0.25, -0.2) is 0 Å². The van der Waals surface area contributed by atoms with E-state index in [1.165, 1.54) is 7.11 Å². The molecule has 0 aliphatic heterocycles. The fourth-order valence-electron chi connectivity index (χ4n) is 2.53. The molecule has 3 N–H and O–H groups in total. The molecule has 0 radical (unpaired) electrons. The van der Waals surface area contributed by atoms with Gasteiger partial charge in [0.15, 0.2) is 0 Å². The zero-order valence-corrected chi connectivity index (χ0v) is 18.7. The zero-order chi connectivity index (χ0) is 21.4. The fourth-order valence-corrected chi connectivity index (χ4v) is 2.97. The second-order valence-corrected chi connectivity index (χ2v) is 8.85. The standard InChI is InChI=1S/C20H38NO6P/c1-5-6-12-19(21)13-9-11-18(17(2)22)10-7-8-14-26-20(15-25-3)16-27-28(4,23)24/h9,12-13,18,20H,5-8,10-11,14-16,21H2,1-4H3,(H,23,24)/b13-9-,19-12-/t18?,20-/m1/s1. The van der Waals surface area contributed by atoms with Crippen LogP contribution in [-0.2, 0) is 23.4 Å². The van der Waals surface area contributed by atoms with Gasteiger partial charge >= 0.3 is 7.60 Å². The molecule has 0 fully saturated rings. The lowest BCUT2D eigenvalue weighted by Gasteiger charge is -2.18. The minimum absolute atomic E-state index is 0.00591. The van der Waals surface area contributed by atoms with Crippen molar-refractivity contribution in [1.82, 2.24) is 0 Å². The molecule has 0 heterocycles. The lowest BCUT2D eigenvalue weighted by molar-refractivity contribution is -0.120. The van der Waals surface area contributed by atoms with Crippen LogP contribution in [0.5, 0.6) is 0 Å². The third-order valence-corrected chi connectivity index (χ3v) is 4.76. The van der Waals surface area contributed by atoms with Crippen molar-refractivity contribution in [3.63, 3.8) is 0 Å². The van der Waals surface area contributed by atoms with Gasteiger partial charge < -0.3 is 24.6 Å². The summed E-state index contributed by atoms with van der Waals surface area (Å²) in [6.07, 6.45) is 10.6. The molecule has 0 spiro atoms. The lowest BCUT2D eigenvalue weighted by Crippen LogP contribution is -2.25. The third kappa shape index (κ3) is 16.0. The van der Waals surface area contributed by atoms with Crippen molar-refractivity contribution in [2.24, 2.45) is 11.7 Å². The maximum absolute atomic E-state index is 11.8. The maximum atomic E-state index is 11.8. The average Bonchev–Trinajstić information content (AvgIpc) is 2.61. The van der Waals surface area contributed by atoms with E-state index < -0.39 is 13.7 Å². The van der Waals surface area contributed by atoms with E-state index in [9.17, 15) is 14.3 Å². The molecule has 0 aromatic heterocycles. The molecule has 2 unspecified atom stereocenters. The number of rotatable bonds is 17. The smallest absolute Gasteiger partial charge is 0.325 e. The zero-order valence-electron chi connectivity index (χ0n) is 17.8. The average molecular weight is 419 g/mol. The monoisotopic (exact) mass is 419 g/mol. The molecule has 0 aromatic carbocycles. The largest absolute Gasteiger partial charge is 0.399 e. The van der Waals surface area contributed by atoms with E-state index in [-0.39, 0.29) is 24.9 Å². The Morgan fingerprint density at radius 3 is 2.57 bits per heavy atom. The summed E-state index contributed by atoms with van der Waals surface area (Å²) >= 11 is 0. The van der Waals surface area contributed by atoms with Gasteiger partial charge in [0.1, 0.15) is 11.9 Å². The second kappa shape index (κ2) is 15.9. The maximum Gasteiger partial charge on any atom is 0.325 e. The summed E-state index contributed by atoms with van der Waals surface area (Å²) < 4.78 is 26.8. The van der Waals surface area contributed by atoms with Crippen molar-refractivity contribution in [3.05, 3.63) is 23.9 Å². The Kier molecular flexibility index (Phi) is 15.3. The van der Waals surface area contributed by atoms with Crippen molar-refractivity contribution in [2.45, 2.75) is 58.5 Å². The van der Waals surface area contributed by atoms with Crippen LogP contribution in [-0.4, -0.2) is 50.4 Å². The molecule has 0 rings (SSSR count). The molecule has 0 saturated carbocycles. The number of methoxy groups -OCH3 is 1. The number of ketones is 1. The highest BCUT2D eigenvalue weighted by Crippen LogP contribution is 2.36. The van der Waals surface area contributed by atoms with Gasteiger partial charge in [-0.1, -0.05) is 31.9 Å². The van der Waals surface area contributed by atoms with Gasteiger partial charge in [0.25, 0.3) is 0 Å². The first kappa shape index (κ1) is 27.0. The van der Waals surface area contributed by atoms with Crippen LogP contribution < -0.4 is 5.73 Å². The van der Waals surface area contributed by atoms with Crippen LogP contribution >= 0.6 is 7.60 Å². The van der Waals surface area contributed by atoms with E-state index >= 15 is 0 Å². The van der Waals surface area contributed by atoms with Crippen molar-refractivity contribution in [2.75, 3.05) is 33.6 Å². The van der Waals surface area contributed by atoms with Crippen LogP contribution in [0.25, 0.3) is 0 Å². The van der Waals surface area contributed by atoms with E-state index in [1.54, 1.807) is 6.92 Å². The summed E-state index contributed by atoms with van der Waals surface area (Å²) in [7, 11) is -1.99. The van der Waals surface area contributed by atoms with Gasteiger partial charge in [-0.15, -0.1) is 0 Å². The molecule has 0 aliphatic rings. The van der Waals surface area contributed by atoms with Crippen LogP contribution in [0.1, 0.15) is 52.4 Å². The summed E-state index contributed by atoms with van der Waals surface area (Å²) in [5, 5.41) is 0. The number of carbonyl (C=O) groups excluding carboxylic acids is 1. The number of hydrogen-bond donors (Lipinski definition) is 2. The first-order valence-corrected chi connectivity index (χ1v) is 11.9. The minimum Gasteiger partial charge on any atom is -0.399 e. The highest BCUT2D eigenvalue weighted by molar-refractivity contribution is 7.51. The molecule has 164 valence electrons. The highest BCUT2D eigenvalue weighted by Gasteiger charge is 2.17. The summed E-state index contributed by atoms with van der Waals surface area (Å²) in [5.74, 6) is 0.155. The lowest BCUT2D eigenvalue weighted by atomic mass is 9.94. The van der Waals surface area contributed by atoms with E-state index in [0.29, 0.717) is 13.0 Å². The number of nitrogens with two attached hydrogens (primary N) is 1. The summed E-state index contributed by atoms with van der Waals surface area (Å²) in [4.78, 5) is 21.0. The predicted octanol–water partition coefficient (Wildman–Crippen LogP) is 3.81. The Bertz CT molecular complexity index is 529. The topological polar surface area (TPSA) is 108 Å². The molecule has 8 heteroatoms. The van der Waals surface area contributed by atoms with Crippen molar-refractivity contribution in [3.8, 4) is 0 Å². The molecular formula is C20H38NO6P. The molecule has 7 nitrogen and oxygen atoms in total. The Labute approximate surface area is 169 Å². The Morgan fingerprint density at radius 1 is 1.29 bits per heavy atom. The molecule has 0 aromatic rings. The van der Waals surface area contributed by atoms with Gasteiger partial charge in [-0.3, -0.25) is 9.36 Å². The fraction of sp³-hybridized carbons (Fsp3) is 0.750. The van der Waals surface area contributed by atoms with Crippen LogP contribution in [0, 0.1) is 5.92 Å². The number of hydrogen-bond acceptors (Lipinski definition) is 6. The molecule has 0 bridgehead atoms. The van der Waals surface area contributed by atoms with Crippen LogP contribution in [0.15, 0.2) is 23.9 Å². The molecular weight excluding hydrogens is 381 g/mol. The Balaban J connectivity index is 4.21. The highest BCUT2D eigenvalue weighted by atomic mass is 31.2. The van der Waals surface area contributed by atoms with E-state index in [2.05, 4.69) is 6.92 Å². The number of ether oxygens (including phenoxy) is 2. The third-order valence-electron chi connectivity index (χ3n) is 4.13. The summed E-state index contributed by atoms with van der Waals surface area (Å²) in [6.45, 7) is 5.63. The number of Topliss-reactive ketones (excluding diaryl/α,β-unsaturated/α-hetero) is 1. The minimum atomic E-state index is -3.53. The SMILES string of the molecule is CCC/C=C(N)/C=C\CC(CCCCO[C@H](COC)COP(C)(=O)O)C(C)=O. The van der Waals surface area contributed by atoms with E-state index in [0.717, 1.165) is 44.5 Å². The molecule has 0 saturated heterocycles. The first-order chi connectivity index (χ1) is 13.2. The number of carbonyl (C=O) groups is 1. The van der Waals surface area contributed by atoms with Crippen LogP contribution in [0.3, 0.4) is 0 Å². The first-order valence-electron chi connectivity index (χ1n) is 9.87. The van der Waals surface area contributed by atoms with Gasteiger partial charge in [0.05, 0.1) is 13.2 Å². The van der Waals surface area contributed by atoms with Gasteiger partial charge in [0, 0.05) is 32.0 Å². The Hall–Kier alpha value is -0.980. The van der Waals surface area contributed by atoms with Gasteiger partial charge in [0.2, 0.25) is 0 Å². The normalized spacial score (nSPS) is 16.8. The quantitative estimate of drug-likeness (QED) is 0.210. The van der Waals surface area contributed by atoms with Gasteiger partial charge in [-0.05, 0) is 38.7 Å². The molecule has 0 amide bonds. The van der Waals surface area contributed by atoms with Crippen molar-refractivity contribution >= 4 is 13.4 Å². The van der Waals surface area contributed by atoms with Crippen LogP contribution in [0.2, 0.25) is 0 Å². The van der Waals surface area contributed by atoms with Crippen LogP contribution in [0.4, 0.5) is 0 Å².